The summed E-state index contributed by atoms with van der Waals surface area (Å²) in [7, 11) is 2.09. The van der Waals surface area contributed by atoms with Crippen LogP contribution in [0.25, 0.3) is 0 Å². The van der Waals surface area contributed by atoms with Gasteiger partial charge in [-0.05, 0) is 25.0 Å². The van der Waals surface area contributed by atoms with Crippen LogP contribution in [0.15, 0.2) is 18.3 Å². The maximum atomic E-state index is 3.41. The summed E-state index contributed by atoms with van der Waals surface area (Å²) >= 11 is 3.41. The van der Waals surface area contributed by atoms with Crippen molar-refractivity contribution < 1.29 is 0 Å². The van der Waals surface area contributed by atoms with Crippen molar-refractivity contribution in [2.24, 2.45) is 7.05 Å². The van der Waals surface area contributed by atoms with Crippen LogP contribution in [0, 0.1) is 0 Å². The molecule has 0 amide bonds. The van der Waals surface area contributed by atoms with E-state index in [1.165, 1.54) is 18.5 Å². The zero-order valence-corrected chi connectivity index (χ0v) is 7.76. The molecule has 0 saturated carbocycles. The molecule has 0 N–H and O–H groups in total. The first-order chi connectivity index (χ1) is 4.84. The molecule has 2 heteroatoms. The highest BCUT2D eigenvalue weighted by Crippen LogP contribution is 2.03. The minimum Gasteiger partial charge on any atom is -0.354 e. The van der Waals surface area contributed by atoms with E-state index in [1.807, 2.05) is 0 Å². The Hall–Kier alpha value is -0.240. The van der Waals surface area contributed by atoms with Crippen molar-refractivity contribution in [3.8, 4) is 0 Å². The lowest BCUT2D eigenvalue weighted by molar-refractivity contribution is 0.793. The molecule has 56 valence electrons. The number of aromatic nitrogens is 1. The molecule has 1 aromatic heterocycles. The summed E-state index contributed by atoms with van der Waals surface area (Å²) in [5, 5.41) is 1.10. The molecule has 10 heavy (non-hydrogen) atoms. The van der Waals surface area contributed by atoms with Gasteiger partial charge in [0.2, 0.25) is 0 Å². The average molecular weight is 202 g/mol. The first kappa shape index (κ1) is 7.86. The normalized spacial score (nSPS) is 10.2. The molecular formula is C8H12BrN. The lowest BCUT2D eigenvalue weighted by Gasteiger charge is -1.99. The molecule has 0 saturated heterocycles. The molecule has 0 radical (unpaired) electrons. The third kappa shape index (κ3) is 1.87. The third-order valence-corrected chi connectivity index (χ3v) is 2.18. The topological polar surface area (TPSA) is 4.93 Å². The lowest BCUT2D eigenvalue weighted by atomic mass is 10.2. The van der Waals surface area contributed by atoms with E-state index in [2.05, 4.69) is 45.9 Å². The largest absolute Gasteiger partial charge is 0.354 e. The van der Waals surface area contributed by atoms with E-state index in [1.54, 1.807) is 0 Å². The van der Waals surface area contributed by atoms with Gasteiger partial charge >= 0.3 is 0 Å². The summed E-state index contributed by atoms with van der Waals surface area (Å²) in [6.07, 6.45) is 4.48. The third-order valence-electron chi connectivity index (χ3n) is 1.62. The molecule has 1 rings (SSSR count). The Balaban J connectivity index is 2.49. The van der Waals surface area contributed by atoms with Crippen LogP contribution in [0.3, 0.4) is 0 Å². The lowest BCUT2D eigenvalue weighted by Crippen LogP contribution is -1.94. The molecule has 1 heterocycles. The van der Waals surface area contributed by atoms with Crippen LogP contribution < -0.4 is 0 Å². The van der Waals surface area contributed by atoms with Gasteiger partial charge in [-0.15, -0.1) is 0 Å². The maximum absolute atomic E-state index is 3.41. The fourth-order valence-electron chi connectivity index (χ4n) is 1.00. The van der Waals surface area contributed by atoms with Crippen molar-refractivity contribution in [2.45, 2.75) is 12.8 Å². The molecule has 1 aromatic rings. The van der Waals surface area contributed by atoms with Crippen LogP contribution >= 0.6 is 15.9 Å². The molecule has 0 aliphatic rings. The molecule has 0 bridgehead atoms. The molecule has 0 spiro atoms. The van der Waals surface area contributed by atoms with Crippen molar-refractivity contribution in [3.63, 3.8) is 0 Å². The summed E-state index contributed by atoms with van der Waals surface area (Å²) in [6.45, 7) is 0. The van der Waals surface area contributed by atoms with Gasteiger partial charge in [0, 0.05) is 24.3 Å². The van der Waals surface area contributed by atoms with Gasteiger partial charge in [-0.2, -0.15) is 0 Å². The van der Waals surface area contributed by atoms with Crippen LogP contribution in [0.1, 0.15) is 12.1 Å². The van der Waals surface area contributed by atoms with Crippen molar-refractivity contribution in [1.29, 1.82) is 0 Å². The Morgan fingerprint density at radius 3 is 2.90 bits per heavy atom. The minimum atomic E-state index is 1.10. The SMILES string of the molecule is Cn1cccc1CCCBr. The van der Waals surface area contributed by atoms with Crippen LogP contribution in [0.5, 0.6) is 0 Å². The molecule has 0 aliphatic carbocycles. The molecule has 0 aromatic carbocycles. The van der Waals surface area contributed by atoms with Crippen LogP contribution in [0.4, 0.5) is 0 Å². The van der Waals surface area contributed by atoms with Gasteiger partial charge < -0.3 is 4.57 Å². The van der Waals surface area contributed by atoms with E-state index in [0.29, 0.717) is 0 Å². The number of alkyl halides is 1. The molecular weight excluding hydrogens is 190 g/mol. The van der Waals surface area contributed by atoms with Crippen LogP contribution in [0.2, 0.25) is 0 Å². The van der Waals surface area contributed by atoms with Gasteiger partial charge in [0.15, 0.2) is 0 Å². The number of aryl methyl sites for hydroxylation is 2. The zero-order valence-electron chi connectivity index (χ0n) is 6.18. The van der Waals surface area contributed by atoms with Crippen molar-refractivity contribution in [1.82, 2.24) is 4.57 Å². The highest BCUT2D eigenvalue weighted by molar-refractivity contribution is 9.09. The van der Waals surface area contributed by atoms with E-state index in [9.17, 15) is 0 Å². The number of hydrogen-bond donors (Lipinski definition) is 0. The second kappa shape index (κ2) is 3.81. The van der Waals surface area contributed by atoms with Gasteiger partial charge in [0.25, 0.3) is 0 Å². The fraction of sp³-hybridized carbons (Fsp3) is 0.500. The smallest absolute Gasteiger partial charge is 0.0172 e. The summed E-state index contributed by atoms with van der Waals surface area (Å²) in [5.74, 6) is 0. The minimum absolute atomic E-state index is 1.10. The number of hydrogen-bond acceptors (Lipinski definition) is 0. The number of rotatable bonds is 3. The Kier molecular flexibility index (Phi) is 3.00. The first-order valence-corrected chi connectivity index (χ1v) is 4.63. The highest BCUT2D eigenvalue weighted by atomic mass is 79.9. The summed E-state index contributed by atoms with van der Waals surface area (Å²) in [4.78, 5) is 0. The number of nitrogens with zero attached hydrogens (tertiary/aromatic N) is 1. The Bertz CT molecular complexity index is 193. The van der Waals surface area contributed by atoms with E-state index >= 15 is 0 Å². The van der Waals surface area contributed by atoms with Gasteiger partial charge in [0.05, 0.1) is 0 Å². The molecule has 0 aliphatic heterocycles. The van der Waals surface area contributed by atoms with E-state index in [-0.39, 0.29) is 0 Å². The van der Waals surface area contributed by atoms with E-state index < -0.39 is 0 Å². The predicted octanol–water partition coefficient (Wildman–Crippen LogP) is 2.35. The Labute approximate surface area is 70.2 Å². The average Bonchev–Trinajstić information content (AvgIpc) is 2.31. The summed E-state index contributed by atoms with van der Waals surface area (Å²) in [6, 6.07) is 4.26. The molecule has 0 unspecified atom stereocenters. The highest BCUT2D eigenvalue weighted by Gasteiger charge is 1.94. The van der Waals surface area contributed by atoms with Crippen molar-refractivity contribution in [3.05, 3.63) is 24.0 Å². The van der Waals surface area contributed by atoms with E-state index in [4.69, 9.17) is 0 Å². The summed E-state index contributed by atoms with van der Waals surface area (Å²) in [5.41, 5.74) is 1.42. The molecule has 1 nitrogen and oxygen atoms in total. The molecule has 0 atom stereocenters. The van der Waals surface area contributed by atoms with E-state index in [0.717, 1.165) is 5.33 Å². The monoisotopic (exact) mass is 201 g/mol. The maximum Gasteiger partial charge on any atom is 0.0172 e. The predicted molar refractivity (Wildman–Crippen MR) is 47.5 cm³/mol. The number of halogens is 1. The Morgan fingerprint density at radius 1 is 1.60 bits per heavy atom. The standard InChI is InChI=1S/C8H12BrN/c1-10-7-3-5-8(10)4-2-6-9/h3,5,7H,2,4,6H2,1H3. The van der Waals surface area contributed by atoms with Gasteiger partial charge in [-0.3, -0.25) is 0 Å². The zero-order chi connectivity index (χ0) is 7.40. The molecule has 0 fully saturated rings. The van der Waals surface area contributed by atoms with Gasteiger partial charge in [-0.25, -0.2) is 0 Å². The van der Waals surface area contributed by atoms with Crippen LogP contribution in [-0.4, -0.2) is 9.90 Å². The Morgan fingerprint density at radius 2 is 2.40 bits per heavy atom. The van der Waals surface area contributed by atoms with Crippen molar-refractivity contribution in [2.75, 3.05) is 5.33 Å². The first-order valence-electron chi connectivity index (χ1n) is 3.51. The fourth-order valence-corrected chi connectivity index (χ4v) is 1.28. The van der Waals surface area contributed by atoms with Crippen LogP contribution in [-0.2, 0) is 13.5 Å². The quantitative estimate of drug-likeness (QED) is 0.663. The van der Waals surface area contributed by atoms with Crippen molar-refractivity contribution >= 4 is 15.9 Å². The van der Waals surface area contributed by atoms with Gasteiger partial charge in [0.1, 0.15) is 0 Å². The van der Waals surface area contributed by atoms with Gasteiger partial charge in [-0.1, -0.05) is 15.9 Å². The summed E-state index contributed by atoms with van der Waals surface area (Å²) < 4.78 is 2.17. The second-order valence-electron chi connectivity index (χ2n) is 2.40. The second-order valence-corrected chi connectivity index (χ2v) is 3.20.